The molecule has 0 fully saturated rings. The van der Waals surface area contributed by atoms with Crippen LogP contribution in [0.1, 0.15) is 10.5 Å². The van der Waals surface area contributed by atoms with Crippen molar-refractivity contribution in [2.45, 2.75) is 0 Å². The third-order valence-electron chi connectivity index (χ3n) is 1.73. The first kappa shape index (κ1) is 9.13. The fraction of sp³-hybridized carbons (Fsp3) is 0. The molecule has 0 saturated carbocycles. The lowest BCUT2D eigenvalue weighted by molar-refractivity contribution is 0.0690. The number of aromatic nitrogens is 4. The van der Waals surface area contributed by atoms with Crippen molar-refractivity contribution in [3.05, 3.63) is 34.5 Å². The normalized spacial score (nSPS) is 10.1. The van der Waals surface area contributed by atoms with Gasteiger partial charge in [-0.1, -0.05) is 0 Å². The van der Waals surface area contributed by atoms with E-state index in [1.165, 1.54) is 12.4 Å². The van der Waals surface area contributed by atoms with Gasteiger partial charge in [0.15, 0.2) is 5.69 Å². The number of nitrogens with zero attached hydrogens (tertiary/aromatic N) is 2. The first-order valence-electron chi connectivity index (χ1n) is 4.00. The molecule has 0 saturated heterocycles. The van der Waals surface area contributed by atoms with Crippen molar-refractivity contribution in [2.75, 3.05) is 0 Å². The molecule has 0 aliphatic heterocycles. The molecule has 0 amide bonds. The molecular weight excluding hydrogens is 200 g/mol. The van der Waals surface area contributed by atoms with Gasteiger partial charge in [0.25, 0.3) is 5.56 Å². The number of H-pyrrole nitrogens is 2. The van der Waals surface area contributed by atoms with Crippen LogP contribution in [0, 0.1) is 0 Å². The highest BCUT2D eigenvalue weighted by Crippen LogP contribution is 2.09. The number of carbonyl (C=O) groups is 1. The fourth-order valence-electron chi connectivity index (χ4n) is 1.08. The minimum absolute atomic E-state index is 0.175. The number of aromatic carboxylic acids is 1. The maximum atomic E-state index is 11.1. The molecule has 3 N–H and O–H groups in total. The van der Waals surface area contributed by atoms with Crippen LogP contribution in [0.15, 0.2) is 23.3 Å². The summed E-state index contributed by atoms with van der Waals surface area (Å²) in [7, 11) is 0. The van der Waals surface area contributed by atoms with Gasteiger partial charge in [0.2, 0.25) is 0 Å². The Labute approximate surface area is 82.8 Å². The van der Waals surface area contributed by atoms with Crippen molar-refractivity contribution >= 4 is 5.97 Å². The standard InChI is InChI=1S/C8H6N4O3/c13-6-1-5(8(14)15)11-7(12-6)4-2-9-10-3-4/h1-3H,(H,9,10)(H,14,15)(H,11,12,13). The van der Waals surface area contributed by atoms with Crippen LogP contribution in [0.2, 0.25) is 0 Å². The van der Waals surface area contributed by atoms with E-state index in [-0.39, 0.29) is 11.5 Å². The molecule has 0 spiro atoms. The molecule has 76 valence electrons. The Balaban J connectivity index is 2.59. The third kappa shape index (κ3) is 1.75. The average Bonchev–Trinajstić information content (AvgIpc) is 2.69. The lowest BCUT2D eigenvalue weighted by Crippen LogP contribution is -2.13. The summed E-state index contributed by atoms with van der Waals surface area (Å²) in [6.07, 6.45) is 2.94. The van der Waals surface area contributed by atoms with Crippen molar-refractivity contribution < 1.29 is 9.90 Å². The molecule has 2 rings (SSSR count). The van der Waals surface area contributed by atoms with Gasteiger partial charge in [-0.2, -0.15) is 5.10 Å². The number of hydrogen-bond acceptors (Lipinski definition) is 4. The van der Waals surface area contributed by atoms with Gasteiger partial charge in [-0.15, -0.1) is 0 Å². The van der Waals surface area contributed by atoms with Crippen LogP contribution in [0.5, 0.6) is 0 Å². The van der Waals surface area contributed by atoms with Gasteiger partial charge in [-0.3, -0.25) is 9.89 Å². The Morgan fingerprint density at radius 2 is 2.27 bits per heavy atom. The van der Waals surface area contributed by atoms with Gasteiger partial charge >= 0.3 is 5.97 Å². The van der Waals surface area contributed by atoms with Crippen LogP contribution in [0.3, 0.4) is 0 Å². The molecule has 0 bridgehead atoms. The fourth-order valence-corrected chi connectivity index (χ4v) is 1.08. The second kappa shape index (κ2) is 3.37. The quantitative estimate of drug-likeness (QED) is 0.633. The van der Waals surface area contributed by atoms with Crippen molar-refractivity contribution in [1.82, 2.24) is 20.2 Å². The zero-order chi connectivity index (χ0) is 10.8. The summed E-state index contributed by atoms with van der Waals surface area (Å²) >= 11 is 0. The molecule has 0 unspecified atom stereocenters. The molecule has 7 nitrogen and oxygen atoms in total. The summed E-state index contributed by atoms with van der Waals surface area (Å²) in [5, 5.41) is 14.9. The van der Waals surface area contributed by atoms with E-state index in [1.807, 2.05) is 0 Å². The molecule has 2 heterocycles. The second-order valence-corrected chi connectivity index (χ2v) is 2.77. The minimum Gasteiger partial charge on any atom is -0.477 e. The van der Waals surface area contributed by atoms with E-state index >= 15 is 0 Å². The highest BCUT2D eigenvalue weighted by atomic mass is 16.4. The number of aromatic amines is 2. The Kier molecular flexibility index (Phi) is 2.05. The third-order valence-corrected chi connectivity index (χ3v) is 1.73. The Hall–Kier alpha value is -2.44. The molecule has 0 aliphatic carbocycles. The topological polar surface area (TPSA) is 112 Å². The summed E-state index contributed by atoms with van der Waals surface area (Å²) in [6, 6.07) is 0.923. The predicted molar refractivity (Wildman–Crippen MR) is 49.4 cm³/mol. The van der Waals surface area contributed by atoms with Crippen molar-refractivity contribution in [3.8, 4) is 11.4 Å². The van der Waals surface area contributed by atoms with Crippen LogP contribution < -0.4 is 5.56 Å². The van der Waals surface area contributed by atoms with E-state index in [0.717, 1.165) is 6.07 Å². The zero-order valence-electron chi connectivity index (χ0n) is 7.39. The van der Waals surface area contributed by atoms with Gasteiger partial charge in [-0.25, -0.2) is 9.78 Å². The van der Waals surface area contributed by atoms with Gasteiger partial charge in [0, 0.05) is 12.3 Å². The lowest BCUT2D eigenvalue weighted by Gasteiger charge is -1.97. The number of nitrogens with one attached hydrogen (secondary N) is 2. The number of carboxylic acid groups (broad SMARTS) is 1. The predicted octanol–water partition coefficient (Wildman–Crippen LogP) is -0.142. The van der Waals surface area contributed by atoms with E-state index in [9.17, 15) is 9.59 Å². The van der Waals surface area contributed by atoms with Gasteiger partial charge in [-0.05, 0) is 0 Å². The van der Waals surface area contributed by atoms with Crippen LogP contribution >= 0.6 is 0 Å². The maximum Gasteiger partial charge on any atom is 0.354 e. The summed E-state index contributed by atoms with van der Waals surface area (Å²) in [5.74, 6) is -1.07. The Bertz CT molecular complexity index is 543. The monoisotopic (exact) mass is 206 g/mol. The van der Waals surface area contributed by atoms with Gasteiger partial charge in [0.1, 0.15) is 5.82 Å². The molecule has 0 aromatic carbocycles. The molecule has 7 heteroatoms. The summed E-state index contributed by atoms with van der Waals surface area (Å²) in [5.41, 5.74) is -0.288. The zero-order valence-corrected chi connectivity index (χ0v) is 7.39. The smallest absolute Gasteiger partial charge is 0.354 e. The maximum absolute atomic E-state index is 11.1. The molecule has 0 aliphatic rings. The Morgan fingerprint density at radius 3 is 2.87 bits per heavy atom. The van der Waals surface area contributed by atoms with Crippen molar-refractivity contribution in [1.29, 1.82) is 0 Å². The van der Waals surface area contributed by atoms with E-state index in [4.69, 9.17) is 5.11 Å². The first-order chi connectivity index (χ1) is 7.16. The average molecular weight is 206 g/mol. The minimum atomic E-state index is -1.24. The number of carboxylic acids is 1. The van der Waals surface area contributed by atoms with E-state index in [0.29, 0.717) is 5.56 Å². The van der Waals surface area contributed by atoms with E-state index in [1.54, 1.807) is 0 Å². The lowest BCUT2D eigenvalue weighted by atomic mass is 10.3. The van der Waals surface area contributed by atoms with Gasteiger partial charge < -0.3 is 10.1 Å². The molecule has 0 radical (unpaired) electrons. The van der Waals surface area contributed by atoms with E-state index in [2.05, 4.69) is 20.2 Å². The van der Waals surface area contributed by atoms with Crippen molar-refractivity contribution in [3.63, 3.8) is 0 Å². The van der Waals surface area contributed by atoms with Crippen LogP contribution in [0.25, 0.3) is 11.4 Å². The first-order valence-corrected chi connectivity index (χ1v) is 4.00. The Morgan fingerprint density at radius 1 is 1.47 bits per heavy atom. The van der Waals surface area contributed by atoms with Crippen LogP contribution in [0.4, 0.5) is 0 Å². The summed E-state index contributed by atoms with van der Waals surface area (Å²) in [4.78, 5) is 27.9. The largest absolute Gasteiger partial charge is 0.477 e. The van der Waals surface area contributed by atoms with Crippen LogP contribution in [-0.4, -0.2) is 31.2 Å². The molecule has 0 atom stereocenters. The molecular formula is C8H6N4O3. The molecule has 2 aromatic heterocycles. The molecule has 15 heavy (non-hydrogen) atoms. The number of hydrogen-bond donors (Lipinski definition) is 3. The molecule has 2 aromatic rings. The highest BCUT2D eigenvalue weighted by Gasteiger charge is 2.09. The van der Waals surface area contributed by atoms with Gasteiger partial charge in [0.05, 0.1) is 11.8 Å². The summed E-state index contributed by atoms with van der Waals surface area (Å²) in [6.45, 7) is 0. The number of rotatable bonds is 2. The van der Waals surface area contributed by atoms with Crippen molar-refractivity contribution in [2.24, 2.45) is 0 Å². The summed E-state index contributed by atoms with van der Waals surface area (Å²) < 4.78 is 0. The van der Waals surface area contributed by atoms with E-state index < -0.39 is 11.5 Å². The van der Waals surface area contributed by atoms with Crippen LogP contribution in [-0.2, 0) is 0 Å². The SMILES string of the molecule is O=C(O)c1cc(=O)[nH]c(-c2cn[nH]c2)n1. The highest BCUT2D eigenvalue weighted by molar-refractivity contribution is 5.85. The second-order valence-electron chi connectivity index (χ2n) is 2.77.